The molecule has 0 saturated carbocycles. The Morgan fingerprint density at radius 3 is 2.45 bits per heavy atom. The van der Waals surface area contributed by atoms with Gasteiger partial charge in [-0.1, -0.05) is 29.3 Å². The zero-order valence-corrected chi connectivity index (χ0v) is 15.4. The Kier molecular flexibility index (Phi) is 6.35. The Bertz CT molecular complexity index is 669. The molecule has 0 amide bonds. The quantitative estimate of drug-likeness (QED) is 0.437. The van der Waals surface area contributed by atoms with Crippen molar-refractivity contribution in [2.24, 2.45) is 0 Å². The predicted molar refractivity (Wildman–Crippen MR) is 96.5 cm³/mol. The van der Waals surface area contributed by atoms with Crippen LogP contribution in [0.5, 0.6) is 11.5 Å². The van der Waals surface area contributed by atoms with Crippen LogP contribution in [0.15, 0.2) is 30.3 Å². The van der Waals surface area contributed by atoms with Gasteiger partial charge in [0.1, 0.15) is 12.9 Å². The van der Waals surface area contributed by atoms with Gasteiger partial charge < -0.3 is 9.47 Å². The van der Waals surface area contributed by atoms with Crippen molar-refractivity contribution in [2.75, 3.05) is 6.61 Å². The van der Waals surface area contributed by atoms with Crippen LogP contribution in [0, 0.1) is 3.57 Å². The van der Waals surface area contributed by atoms with Crippen LogP contribution in [-0.4, -0.2) is 12.9 Å². The molecule has 0 aromatic heterocycles. The van der Waals surface area contributed by atoms with E-state index in [1.54, 1.807) is 30.3 Å². The predicted octanol–water partition coefficient (Wildman–Crippen LogP) is 5.39. The molecule has 0 heterocycles. The lowest BCUT2D eigenvalue weighted by atomic mass is 10.2. The lowest BCUT2D eigenvalue weighted by Gasteiger charge is -2.15. The molecule has 22 heavy (non-hydrogen) atoms. The van der Waals surface area contributed by atoms with E-state index in [1.807, 2.05) is 6.92 Å². The van der Waals surface area contributed by atoms with E-state index in [4.69, 9.17) is 32.7 Å². The summed E-state index contributed by atoms with van der Waals surface area (Å²) in [6.45, 7) is 2.56. The first-order chi connectivity index (χ1) is 10.6. The van der Waals surface area contributed by atoms with Crippen LogP contribution in [0.2, 0.25) is 10.0 Å². The molecule has 0 N–H and O–H groups in total. The molecular formula is C16H13Cl2IO3. The van der Waals surface area contributed by atoms with Crippen molar-refractivity contribution in [2.45, 2.75) is 13.5 Å². The number of rotatable bonds is 6. The highest BCUT2D eigenvalue weighted by Gasteiger charge is 2.14. The summed E-state index contributed by atoms with van der Waals surface area (Å²) in [5.74, 6) is 1.10. The summed E-state index contributed by atoms with van der Waals surface area (Å²) < 4.78 is 12.2. The standard InChI is InChI=1S/C16H13Cl2IO3/c1-2-21-15-7-10(8-20)6-14(19)16(15)22-9-11-12(17)4-3-5-13(11)18/h3-8H,2,9H2,1H3. The summed E-state index contributed by atoms with van der Waals surface area (Å²) in [7, 11) is 0. The van der Waals surface area contributed by atoms with Crippen LogP contribution in [0.3, 0.4) is 0 Å². The third kappa shape index (κ3) is 4.06. The summed E-state index contributed by atoms with van der Waals surface area (Å²) in [4.78, 5) is 11.0. The van der Waals surface area contributed by atoms with Crippen LogP contribution in [0.4, 0.5) is 0 Å². The van der Waals surface area contributed by atoms with Gasteiger partial charge in [-0.05, 0) is 53.8 Å². The maximum atomic E-state index is 11.0. The molecule has 0 radical (unpaired) electrons. The number of ether oxygens (including phenoxy) is 2. The maximum Gasteiger partial charge on any atom is 0.175 e. The molecule has 0 bridgehead atoms. The van der Waals surface area contributed by atoms with Gasteiger partial charge >= 0.3 is 0 Å². The Labute approximate surface area is 152 Å². The fourth-order valence-corrected chi connectivity index (χ4v) is 3.16. The summed E-state index contributed by atoms with van der Waals surface area (Å²) in [5.41, 5.74) is 1.25. The first kappa shape index (κ1) is 17.4. The number of hydrogen-bond acceptors (Lipinski definition) is 3. The van der Waals surface area contributed by atoms with Crippen LogP contribution in [0.1, 0.15) is 22.8 Å². The van der Waals surface area contributed by atoms with Crippen LogP contribution in [-0.2, 0) is 6.61 Å². The molecule has 0 aliphatic rings. The van der Waals surface area contributed by atoms with Crippen LogP contribution in [0.25, 0.3) is 0 Å². The number of hydrogen-bond donors (Lipinski definition) is 0. The Balaban J connectivity index is 2.31. The maximum absolute atomic E-state index is 11.0. The molecule has 0 fully saturated rings. The van der Waals surface area contributed by atoms with Gasteiger partial charge in [0.15, 0.2) is 11.5 Å². The highest BCUT2D eigenvalue weighted by atomic mass is 127. The molecule has 2 rings (SSSR count). The van der Waals surface area contributed by atoms with Crippen molar-refractivity contribution in [3.05, 3.63) is 55.1 Å². The van der Waals surface area contributed by atoms with Gasteiger partial charge in [-0.3, -0.25) is 4.79 Å². The van der Waals surface area contributed by atoms with E-state index in [0.717, 1.165) is 9.86 Å². The third-order valence-corrected chi connectivity index (χ3v) is 4.40. The molecule has 3 nitrogen and oxygen atoms in total. The van der Waals surface area contributed by atoms with Crippen LogP contribution >= 0.6 is 45.8 Å². The fourth-order valence-electron chi connectivity index (χ4n) is 1.87. The number of carbonyl (C=O) groups excluding carboxylic acids is 1. The topological polar surface area (TPSA) is 35.5 Å². The lowest BCUT2D eigenvalue weighted by Crippen LogP contribution is -2.03. The minimum absolute atomic E-state index is 0.217. The van der Waals surface area contributed by atoms with Gasteiger partial charge in [-0.2, -0.15) is 0 Å². The molecule has 116 valence electrons. The van der Waals surface area contributed by atoms with E-state index in [2.05, 4.69) is 22.6 Å². The molecule has 0 atom stereocenters. The summed E-state index contributed by atoms with van der Waals surface area (Å²) in [6, 6.07) is 8.69. The smallest absolute Gasteiger partial charge is 0.175 e. The SMILES string of the molecule is CCOc1cc(C=O)cc(I)c1OCc1c(Cl)cccc1Cl. The van der Waals surface area contributed by atoms with Gasteiger partial charge in [0.25, 0.3) is 0 Å². The zero-order chi connectivity index (χ0) is 16.1. The first-order valence-electron chi connectivity index (χ1n) is 6.54. The molecule has 0 unspecified atom stereocenters. The zero-order valence-electron chi connectivity index (χ0n) is 11.7. The summed E-state index contributed by atoms with van der Waals surface area (Å²) in [5, 5.41) is 1.09. The van der Waals surface area contributed by atoms with Gasteiger partial charge in [-0.25, -0.2) is 0 Å². The van der Waals surface area contributed by atoms with E-state index in [0.29, 0.717) is 39.3 Å². The van der Waals surface area contributed by atoms with Gasteiger partial charge in [0.05, 0.1) is 10.2 Å². The van der Waals surface area contributed by atoms with Crippen molar-refractivity contribution in [3.63, 3.8) is 0 Å². The largest absolute Gasteiger partial charge is 0.490 e. The Hall–Kier alpha value is -0.980. The molecule has 6 heteroatoms. The summed E-state index contributed by atoms with van der Waals surface area (Å²) in [6.07, 6.45) is 0.777. The number of halogens is 3. The van der Waals surface area contributed by atoms with E-state index < -0.39 is 0 Å². The average Bonchev–Trinajstić information content (AvgIpc) is 2.48. The van der Waals surface area contributed by atoms with E-state index in [-0.39, 0.29) is 6.61 Å². The number of benzene rings is 2. The van der Waals surface area contributed by atoms with E-state index >= 15 is 0 Å². The average molecular weight is 451 g/mol. The first-order valence-corrected chi connectivity index (χ1v) is 8.37. The Morgan fingerprint density at radius 1 is 1.18 bits per heavy atom. The molecule has 0 aliphatic heterocycles. The fraction of sp³-hybridized carbons (Fsp3) is 0.188. The van der Waals surface area contributed by atoms with Crippen LogP contribution < -0.4 is 9.47 Å². The Morgan fingerprint density at radius 2 is 1.86 bits per heavy atom. The second-order valence-electron chi connectivity index (χ2n) is 4.37. The molecular weight excluding hydrogens is 438 g/mol. The minimum Gasteiger partial charge on any atom is -0.490 e. The second-order valence-corrected chi connectivity index (χ2v) is 6.35. The van der Waals surface area contributed by atoms with Gasteiger partial charge in [0.2, 0.25) is 0 Å². The number of aldehydes is 1. The molecule has 0 saturated heterocycles. The monoisotopic (exact) mass is 450 g/mol. The van der Waals surface area contributed by atoms with Crippen molar-refractivity contribution < 1.29 is 14.3 Å². The molecule has 2 aromatic carbocycles. The molecule has 2 aromatic rings. The van der Waals surface area contributed by atoms with E-state index in [9.17, 15) is 4.79 Å². The highest BCUT2D eigenvalue weighted by Crippen LogP contribution is 2.35. The van der Waals surface area contributed by atoms with Gasteiger partial charge in [-0.15, -0.1) is 0 Å². The van der Waals surface area contributed by atoms with Gasteiger partial charge in [0, 0.05) is 21.2 Å². The van der Waals surface area contributed by atoms with Crippen molar-refractivity contribution >= 4 is 52.1 Å². The van der Waals surface area contributed by atoms with Crippen molar-refractivity contribution in [3.8, 4) is 11.5 Å². The normalized spacial score (nSPS) is 10.4. The second kappa shape index (κ2) is 8.04. The molecule has 0 aliphatic carbocycles. The third-order valence-electron chi connectivity index (χ3n) is 2.89. The summed E-state index contributed by atoms with van der Waals surface area (Å²) >= 11 is 14.4. The lowest BCUT2D eigenvalue weighted by molar-refractivity contribution is 0.112. The van der Waals surface area contributed by atoms with E-state index in [1.165, 1.54) is 0 Å². The highest BCUT2D eigenvalue weighted by molar-refractivity contribution is 14.1. The molecule has 0 spiro atoms. The minimum atomic E-state index is 0.217. The van der Waals surface area contributed by atoms with Crippen molar-refractivity contribution in [1.29, 1.82) is 0 Å². The number of carbonyl (C=O) groups is 1. The van der Waals surface area contributed by atoms with Crippen molar-refractivity contribution in [1.82, 2.24) is 0 Å².